The van der Waals surface area contributed by atoms with Crippen molar-refractivity contribution < 1.29 is 0 Å². The number of aliphatic imine (C=N–C) groups is 1. The highest BCUT2D eigenvalue weighted by atomic mass is 32.2. The molecule has 2 nitrogen and oxygen atoms in total. The maximum atomic E-state index is 8.22. The first-order chi connectivity index (χ1) is 5.91. The molecule has 0 aromatic heterocycles. The summed E-state index contributed by atoms with van der Waals surface area (Å²) in [5.74, 6) is 0.951. The van der Waals surface area contributed by atoms with Crippen LogP contribution >= 0.6 is 24.0 Å². The number of unbranched alkanes of at least 4 members (excludes halogenated alkanes) is 3. The lowest BCUT2D eigenvalue weighted by molar-refractivity contribution is 0.680. The number of thiocarbonyl (C=S) groups is 1. The van der Waals surface area contributed by atoms with Gasteiger partial charge in [-0.25, -0.2) is 4.99 Å². The number of thioether (sulfide) groups is 1. The molecule has 0 aliphatic rings. The van der Waals surface area contributed by atoms with Crippen LogP contribution in [-0.2, 0) is 0 Å². The van der Waals surface area contributed by atoms with Crippen LogP contribution in [0.25, 0.3) is 0 Å². The van der Waals surface area contributed by atoms with Gasteiger partial charge in [0.1, 0.15) is 5.40 Å². The standard InChI is InChI=1S/C8H12N2S2/c9-7-12-6-4-2-1-3-5-10-8-11/h1-6H2. The molecule has 66 valence electrons. The Hall–Kier alpha value is -0.360. The first-order valence-electron chi connectivity index (χ1n) is 3.96. The summed E-state index contributed by atoms with van der Waals surface area (Å²) >= 11 is 5.76. The third kappa shape index (κ3) is 9.64. The monoisotopic (exact) mass is 200 g/mol. The summed E-state index contributed by atoms with van der Waals surface area (Å²) < 4.78 is 0. The van der Waals surface area contributed by atoms with Crippen LogP contribution in [0.1, 0.15) is 25.7 Å². The fourth-order valence-electron chi connectivity index (χ4n) is 0.810. The van der Waals surface area contributed by atoms with Gasteiger partial charge in [0.25, 0.3) is 0 Å². The number of nitrogens with zero attached hydrogens (tertiary/aromatic N) is 2. The Morgan fingerprint density at radius 1 is 1.25 bits per heavy atom. The lowest BCUT2D eigenvalue weighted by Crippen LogP contribution is -1.83. The molecule has 0 aromatic rings. The highest BCUT2D eigenvalue weighted by Gasteiger charge is 1.89. The van der Waals surface area contributed by atoms with Crippen molar-refractivity contribution in [3.05, 3.63) is 0 Å². The van der Waals surface area contributed by atoms with Crippen molar-refractivity contribution in [2.75, 3.05) is 12.3 Å². The van der Waals surface area contributed by atoms with Crippen molar-refractivity contribution in [3.8, 4) is 5.40 Å². The summed E-state index contributed by atoms with van der Waals surface area (Å²) in [6.45, 7) is 0.800. The second kappa shape index (κ2) is 10.6. The zero-order valence-corrected chi connectivity index (χ0v) is 8.59. The Morgan fingerprint density at radius 2 is 2.00 bits per heavy atom. The van der Waals surface area contributed by atoms with Crippen molar-refractivity contribution in [3.63, 3.8) is 0 Å². The largest absolute Gasteiger partial charge is 0.233 e. The van der Waals surface area contributed by atoms with Crippen molar-refractivity contribution in [1.29, 1.82) is 5.26 Å². The second-order valence-electron chi connectivity index (χ2n) is 2.33. The first-order valence-corrected chi connectivity index (χ1v) is 5.35. The van der Waals surface area contributed by atoms with Crippen molar-refractivity contribution in [2.24, 2.45) is 4.99 Å². The second-order valence-corrected chi connectivity index (χ2v) is 3.39. The Kier molecular flexibility index (Phi) is 10.3. The van der Waals surface area contributed by atoms with Gasteiger partial charge in [0.05, 0.1) is 5.16 Å². The minimum absolute atomic E-state index is 0.800. The average Bonchev–Trinajstić information content (AvgIpc) is 2.10. The summed E-state index contributed by atoms with van der Waals surface area (Å²) in [7, 11) is 0. The quantitative estimate of drug-likeness (QED) is 0.274. The Labute approximate surface area is 83.1 Å². The number of rotatable bonds is 7. The number of isothiocyanates is 1. The van der Waals surface area contributed by atoms with Gasteiger partial charge in [-0.15, -0.1) is 0 Å². The number of thiocyanates is 1. The smallest absolute Gasteiger partial charge is 0.133 e. The van der Waals surface area contributed by atoms with E-state index < -0.39 is 0 Å². The maximum absolute atomic E-state index is 8.22. The predicted molar refractivity (Wildman–Crippen MR) is 56.4 cm³/mol. The van der Waals surface area contributed by atoms with E-state index in [4.69, 9.17) is 5.26 Å². The van der Waals surface area contributed by atoms with Crippen LogP contribution in [0.5, 0.6) is 0 Å². The van der Waals surface area contributed by atoms with Gasteiger partial charge in [0.2, 0.25) is 0 Å². The van der Waals surface area contributed by atoms with Gasteiger partial charge >= 0.3 is 0 Å². The SMILES string of the molecule is N#CSCCCCCCN=C=S. The molecule has 0 fully saturated rings. The topological polar surface area (TPSA) is 36.1 Å². The highest BCUT2D eigenvalue weighted by molar-refractivity contribution is 8.03. The molecule has 12 heavy (non-hydrogen) atoms. The average molecular weight is 200 g/mol. The van der Waals surface area contributed by atoms with Crippen molar-refractivity contribution in [2.45, 2.75) is 25.7 Å². The van der Waals surface area contributed by atoms with Gasteiger partial charge in [-0.1, -0.05) is 12.8 Å². The molecule has 0 unspecified atom stereocenters. The molecule has 0 spiro atoms. The van der Waals surface area contributed by atoms with E-state index in [0.717, 1.165) is 25.1 Å². The van der Waals surface area contributed by atoms with E-state index in [1.165, 1.54) is 24.6 Å². The summed E-state index contributed by atoms with van der Waals surface area (Å²) in [5.41, 5.74) is 0. The van der Waals surface area contributed by atoms with Gasteiger partial charge in [0.15, 0.2) is 0 Å². The molecule has 0 aliphatic carbocycles. The molecule has 4 heteroatoms. The van der Waals surface area contributed by atoms with Gasteiger partial charge in [-0.2, -0.15) is 5.26 Å². The summed E-state index contributed by atoms with van der Waals surface area (Å²) in [5, 5.41) is 12.6. The normalized spacial score (nSPS) is 8.58. The summed E-state index contributed by atoms with van der Waals surface area (Å²) in [6.07, 6.45) is 4.56. The van der Waals surface area contributed by atoms with E-state index in [1.54, 1.807) is 0 Å². The van der Waals surface area contributed by atoms with Crippen LogP contribution < -0.4 is 0 Å². The van der Waals surface area contributed by atoms with E-state index in [1.807, 2.05) is 0 Å². The molecule has 0 saturated heterocycles. The van der Waals surface area contributed by atoms with E-state index in [9.17, 15) is 0 Å². The minimum atomic E-state index is 0.800. The number of hydrogen-bond donors (Lipinski definition) is 0. The molecule has 0 bridgehead atoms. The van der Waals surface area contributed by atoms with Crippen LogP contribution in [0, 0.1) is 10.7 Å². The molecule has 0 amide bonds. The fraction of sp³-hybridized carbons (Fsp3) is 0.750. The molecule has 0 atom stereocenters. The summed E-state index contributed by atoms with van der Waals surface area (Å²) in [6, 6.07) is 0. The third-order valence-corrected chi connectivity index (χ3v) is 2.15. The molecule has 0 aromatic carbocycles. The van der Waals surface area contributed by atoms with E-state index >= 15 is 0 Å². The van der Waals surface area contributed by atoms with Gasteiger partial charge in [0, 0.05) is 12.3 Å². The lowest BCUT2D eigenvalue weighted by atomic mass is 10.2. The summed E-state index contributed by atoms with van der Waals surface area (Å²) in [4.78, 5) is 3.81. The highest BCUT2D eigenvalue weighted by Crippen LogP contribution is 2.05. The Bertz CT molecular complexity index is 180. The van der Waals surface area contributed by atoms with E-state index in [-0.39, 0.29) is 0 Å². The fourth-order valence-corrected chi connectivity index (χ4v) is 1.34. The molecule has 0 rings (SSSR count). The Balaban J connectivity index is 2.91. The van der Waals surface area contributed by atoms with Gasteiger partial charge in [-0.05, 0) is 36.8 Å². The molecule has 0 heterocycles. The first kappa shape index (κ1) is 11.6. The zero-order chi connectivity index (χ0) is 9.07. The molecule has 0 aliphatic heterocycles. The number of hydrogen-bond acceptors (Lipinski definition) is 4. The van der Waals surface area contributed by atoms with Crippen LogP contribution in [0.2, 0.25) is 0 Å². The van der Waals surface area contributed by atoms with Crippen molar-refractivity contribution >= 4 is 29.1 Å². The van der Waals surface area contributed by atoms with Crippen LogP contribution in [0.4, 0.5) is 0 Å². The van der Waals surface area contributed by atoms with Gasteiger partial charge in [-0.3, -0.25) is 0 Å². The van der Waals surface area contributed by atoms with Crippen LogP contribution in [0.3, 0.4) is 0 Å². The van der Waals surface area contributed by atoms with E-state index in [2.05, 4.69) is 27.8 Å². The zero-order valence-electron chi connectivity index (χ0n) is 6.95. The maximum Gasteiger partial charge on any atom is 0.133 e. The van der Waals surface area contributed by atoms with Crippen molar-refractivity contribution in [1.82, 2.24) is 0 Å². The van der Waals surface area contributed by atoms with Gasteiger partial charge < -0.3 is 0 Å². The molecule has 0 N–H and O–H groups in total. The molecular formula is C8H12N2S2. The number of nitriles is 1. The molecule has 0 saturated carbocycles. The van der Waals surface area contributed by atoms with Crippen LogP contribution in [0.15, 0.2) is 4.99 Å². The molecule has 0 radical (unpaired) electrons. The lowest BCUT2D eigenvalue weighted by Gasteiger charge is -1.95. The third-order valence-electron chi connectivity index (χ3n) is 1.40. The Morgan fingerprint density at radius 3 is 2.67 bits per heavy atom. The van der Waals surface area contributed by atoms with E-state index in [0.29, 0.717) is 0 Å². The minimum Gasteiger partial charge on any atom is -0.233 e. The predicted octanol–water partition coefficient (Wildman–Crippen LogP) is 2.86. The molecular weight excluding hydrogens is 188 g/mol. The van der Waals surface area contributed by atoms with Crippen LogP contribution in [-0.4, -0.2) is 17.5 Å².